The van der Waals surface area contributed by atoms with Gasteiger partial charge >= 0.3 is 0 Å². The summed E-state index contributed by atoms with van der Waals surface area (Å²) >= 11 is 1.63. The van der Waals surface area contributed by atoms with Crippen LogP contribution in [0.5, 0.6) is 0 Å². The summed E-state index contributed by atoms with van der Waals surface area (Å²) < 4.78 is 6.66. The van der Waals surface area contributed by atoms with Crippen molar-refractivity contribution in [2.24, 2.45) is 7.05 Å². The Morgan fingerprint density at radius 2 is 2.42 bits per heavy atom. The summed E-state index contributed by atoms with van der Waals surface area (Å²) in [6, 6.07) is 5.82. The third-order valence-corrected chi connectivity index (χ3v) is 3.59. The van der Waals surface area contributed by atoms with E-state index in [1.165, 1.54) is 0 Å². The minimum Gasteiger partial charge on any atom is -0.385 e. The Morgan fingerprint density at radius 3 is 3.11 bits per heavy atom. The number of aromatic nitrogens is 2. The van der Waals surface area contributed by atoms with Gasteiger partial charge < -0.3 is 10.1 Å². The number of aryl methyl sites for hydroxylation is 1. The Kier molecular flexibility index (Phi) is 4.70. The third kappa shape index (κ3) is 3.42. The lowest BCUT2D eigenvalue weighted by molar-refractivity contribution is 0.0943. The van der Waals surface area contributed by atoms with Crippen molar-refractivity contribution >= 4 is 17.2 Å². The molecular weight excluding hydrogens is 262 g/mol. The maximum Gasteiger partial charge on any atom is 0.271 e. The topological polar surface area (TPSA) is 56.1 Å². The van der Waals surface area contributed by atoms with E-state index in [1.807, 2.05) is 30.6 Å². The van der Waals surface area contributed by atoms with Gasteiger partial charge in [-0.05, 0) is 23.9 Å². The van der Waals surface area contributed by atoms with Crippen molar-refractivity contribution in [3.63, 3.8) is 0 Å². The monoisotopic (exact) mass is 279 g/mol. The van der Waals surface area contributed by atoms with Gasteiger partial charge in [0.2, 0.25) is 0 Å². The normalized spacial score (nSPS) is 10.6. The first-order valence-electron chi connectivity index (χ1n) is 6.07. The average Bonchev–Trinajstić information content (AvgIpc) is 3.03. The molecule has 2 aromatic heterocycles. The van der Waals surface area contributed by atoms with E-state index in [0.29, 0.717) is 18.8 Å². The Bertz CT molecular complexity index is 534. The summed E-state index contributed by atoms with van der Waals surface area (Å²) in [5, 5.41) is 9.08. The van der Waals surface area contributed by atoms with Crippen LogP contribution in [0.3, 0.4) is 0 Å². The van der Waals surface area contributed by atoms with Crippen molar-refractivity contribution < 1.29 is 9.53 Å². The number of nitrogens with zero attached hydrogens (tertiary/aromatic N) is 2. The van der Waals surface area contributed by atoms with E-state index in [9.17, 15) is 4.79 Å². The second kappa shape index (κ2) is 6.49. The summed E-state index contributed by atoms with van der Waals surface area (Å²) in [6.07, 6.45) is 0.798. The standard InChI is InChI=1S/C13H17N3O2S/c1-16-11(12-5-3-8-19-12)9-10(15-16)13(17)14-6-4-7-18-2/h3,5,8-9H,4,6-7H2,1-2H3,(H,14,17). The van der Waals surface area contributed by atoms with Crippen molar-refractivity contribution in [3.8, 4) is 10.6 Å². The molecule has 0 saturated heterocycles. The van der Waals surface area contributed by atoms with Crippen molar-refractivity contribution in [1.29, 1.82) is 0 Å². The first-order valence-corrected chi connectivity index (χ1v) is 6.95. The highest BCUT2D eigenvalue weighted by Crippen LogP contribution is 2.24. The van der Waals surface area contributed by atoms with Gasteiger partial charge in [0.05, 0.1) is 10.6 Å². The van der Waals surface area contributed by atoms with Crippen LogP contribution in [0, 0.1) is 0 Å². The second-order valence-corrected chi connectivity index (χ2v) is 5.07. The number of methoxy groups -OCH3 is 1. The maximum atomic E-state index is 11.9. The van der Waals surface area contributed by atoms with E-state index in [2.05, 4.69) is 10.4 Å². The molecule has 2 aromatic rings. The zero-order valence-corrected chi connectivity index (χ0v) is 11.9. The zero-order chi connectivity index (χ0) is 13.7. The predicted molar refractivity (Wildman–Crippen MR) is 75.3 cm³/mol. The molecular formula is C13H17N3O2S. The molecule has 19 heavy (non-hydrogen) atoms. The zero-order valence-electron chi connectivity index (χ0n) is 11.0. The van der Waals surface area contributed by atoms with E-state index in [-0.39, 0.29) is 5.91 Å². The number of ether oxygens (including phenoxy) is 1. The van der Waals surface area contributed by atoms with Crippen molar-refractivity contribution in [1.82, 2.24) is 15.1 Å². The van der Waals surface area contributed by atoms with Gasteiger partial charge in [0, 0.05) is 27.3 Å². The summed E-state index contributed by atoms with van der Waals surface area (Å²) in [5.41, 5.74) is 1.40. The molecule has 5 nitrogen and oxygen atoms in total. The maximum absolute atomic E-state index is 11.9. The number of hydrogen-bond donors (Lipinski definition) is 1. The summed E-state index contributed by atoms with van der Waals surface area (Å²) in [5.74, 6) is -0.144. The molecule has 0 bridgehead atoms. The molecule has 0 spiro atoms. The van der Waals surface area contributed by atoms with Gasteiger partial charge in [-0.25, -0.2) is 0 Å². The number of amides is 1. The number of rotatable bonds is 6. The van der Waals surface area contributed by atoms with E-state index in [4.69, 9.17) is 4.74 Å². The largest absolute Gasteiger partial charge is 0.385 e. The second-order valence-electron chi connectivity index (χ2n) is 4.12. The highest BCUT2D eigenvalue weighted by Gasteiger charge is 2.13. The van der Waals surface area contributed by atoms with Gasteiger partial charge in [0.25, 0.3) is 5.91 Å². The fourth-order valence-corrected chi connectivity index (χ4v) is 2.51. The van der Waals surface area contributed by atoms with Crippen LogP contribution >= 0.6 is 11.3 Å². The molecule has 0 aromatic carbocycles. The van der Waals surface area contributed by atoms with Gasteiger partial charge in [0.15, 0.2) is 5.69 Å². The molecule has 2 heterocycles. The van der Waals surface area contributed by atoms with Crippen LogP contribution in [0.25, 0.3) is 10.6 Å². The molecule has 0 fully saturated rings. The Balaban J connectivity index is 2.01. The Labute approximate surface area is 116 Å². The number of nitrogens with one attached hydrogen (secondary N) is 1. The first kappa shape index (κ1) is 13.8. The molecule has 0 unspecified atom stereocenters. The molecule has 0 aliphatic rings. The minimum absolute atomic E-state index is 0.144. The number of carbonyl (C=O) groups is 1. The molecule has 0 atom stereocenters. The van der Waals surface area contributed by atoms with Crippen LogP contribution in [0.15, 0.2) is 23.6 Å². The van der Waals surface area contributed by atoms with Crippen LogP contribution < -0.4 is 5.32 Å². The lowest BCUT2D eigenvalue weighted by Crippen LogP contribution is -2.25. The summed E-state index contributed by atoms with van der Waals surface area (Å²) in [4.78, 5) is 13.0. The minimum atomic E-state index is -0.144. The third-order valence-electron chi connectivity index (χ3n) is 2.70. The number of thiophene rings is 1. The van der Waals surface area contributed by atoms with Gasteiger partial charge in [-0.1, -0.05) is 6.07 Å². The van der Waals surface area contributed by atoms with E-state index in [1.54, 1.807) is 23.1 Å². The molecule has 1 N–H and O–H groups in total. The lowest BCUT2D eigenvalue weighted by atomic mass is 10.3. The molecule has 2 rings (SSSR count). The quantitative estimate of drug-likeness (QED) is 0.822. The van der Waals surface area contributed by atoms with E-state index < -0.39 is 0 Å². The smallest absolute Gasteiger partial charge is 0.271 e. The first-order chi connectivity index (χ1) is 9.22. The Morgan fingerprint density at radius 1 is 1.58 bits per heavy atom. The average molecular weight is 279 g/mol. The number of hydrogen-bond acceptors (Lipinski definition) is 4. The molecule has 0 radical (unpaired) electrons. The van der Waals surface area contributed by atoms with Gasteiger partial charge in [-0.3, -0.25) is 9.48 Å². The van der Waals surface area contributed by atoms with Crippen molar-refractivity contribution in [3.05, 3.63) is 29.3 Å². The highest BCUT2D eigenvalue weighted by atomic mass is 32.1. The van der Waals surface area contributed by atoms with Gasteiger partial charge in [0.1, 0.15) is 0 Å². The SMILES string of the molecule is COCCCNC(=O)c1cc(-c2cccs2)n(C)n1. The van der Waals surface area contributed by atoms with Crippen LogP contribution in [-0.4, -0.2) is 35.9 Å². The number of carbonyl (C=O) groups excluding carboxylic acids is 1. The van der Waals surface area contributed by atoms with E-state index >= 15 is 0 Å². The molecule has 6 heteroatoms. The molecule has 0 aliphatic heterocycles. The summed E-state index contributed by atoms with van der Waals surface area (Å²) in [7, 11) is 3.49. The van der Waals surface area contributed by atoms with Crippen molar-refractivity contribution in [2.75, 3.05) is 20.3 Å². The van der Waals surface area contributed by atoms with Crippen LogP contribution in [0.4, 0.5) is 0 Å². The van der Waals surface area contributed by atoms with E-state index in [0.717, 1.165) is 17.0 Å². The molecule has 0 saturated carbocycles. The molecule has 1 amide bonds. The fraction of sp³-hybridized carbons (Fsp3) is 0.385. The lowest BCUT2D eigenvalue weighted by Gasteiger charge is -2.01. The summed E-state index contributed by atoms with van der Waals surface area (Å²) in [6.45, 7) is 1.24. The Hall–Kier alpha value is -1.66. The van der Waals surface area contributed by atoms with Gasteiger partial charge in [-0.15, -0.1) is 11.3 Å². The highest BCUT2D eigenvalue weighted by molar-refractivity contribution is 7.13. The fourth-order valence-electron chi connectivity index (χ4n) is 1.74. The van der Waals surface area contributed by atoms with Crippen LogP contribution in [-0.2, 0) is 11.8 Å². The molecule has 102 valence electrons. The van der Waals surface area contributed by atoms with Crippen LogP contribution in [0.2, 0.25) is 0 Å². The van der Waals surface area contributed by atoms with Gasteiger partial charge in [-0.2, -0.15) is 5.10 Å². The predicted octanol–water partition coefficient (Wildman–Crippen LogP) is 1.91. The molecule has 0 aliphatic carbocycles. The van der Waals surface area contributed by atoms with Crippen molar-refractivity contribution in [2.45, 2.75) is 6.42 Å². The van der Waals surface area contributed by atoms with Crippen LogP contribution in [0.1, 0.15) is 16.9 Å².